The summed E-state index contributed by atoms with van der Waals surface area (Å²) in [7, 11) is 0. The molecule has 2 fully saturated rings. The lowest BCUT2D eigenvalue weighted by Gasteiger charge is -2.37. The first-order valence-corrected chi connectivity index (χ1v) is 10.2. The lowest BCUT2D eigenvalue weighted by Crippen LogP contribution is -2.49. The molecule has 4 nitrogen and oxygen atoms in total. The average Bonchev–Trinajstić information content (AvgIpc) is 3.27. The van der Waals surface area contributed by atoms with Gasteiger partial charge in [0.2, 0.25) is 0 Å². The Balaban J connectivity index is 1.65. The smallest absolute Gasteiger partial charge is 0.270 e. The zero-order valence-electron chi connectivity index (χ0n) is 16.4. The Morgan fingerprint density at radius 2 is 1.73 bits per heavy atom. The van der Waals surface area contributed by atoms with Gasteiger partial charge in [0, 0.05) is 30.0 Å². The third-order valence-electron chi connectivity index (χ3n) is 6.39. The second-order valence-electron chi connectivity index (χ2n) is 8.23. The number of likely N-dealkylation sites (tertiary alicyclic amines) is 2. The van der Waals surface area contributed by atoms with Crippen molar-refractivity contribution in [3.63, 3.8) is 0 Å². The number of piperidine rings is 1. The molecule has 1 atom stereocenters. The average molecular weight is 354 g/mol. The van der Waals surface area contributed by atoms with Crippen molar-refractivity contribution >= 4 is 16.8 Å². The van der Waals surface area contributed by atoms with Crippen LogP contribution in [0.25, 0.3) is 10.9 Å². The number of nitrogens with one attached hydrogen (secondary N) is 1. The highest BCUT2D eigenvalue weighted by atomic mass is 16.2. The fraction of sp³-hybridized carbons (Fsp3) is 0.591. The van der Waals surface area contributed by atoms with Crippen LogP contribution in [-0.4, -0.2) is 52.9 Å². The molecule has 4 heteroatoms. The topological polar surface area (TPSA) is 39.3 Å². The van der Waals surface area contributed by atoms with Gasteiger partial charge >= 0.3 is 0 Å². The zero-order chi connectivity index (χ0) is 18.3. The number of nitrogens with zero attached hydrogens (tertiary/aromatic N) is 2. The van der Waals surface area contributed by atoms with Gasteiger partial charge < -0.3 is 14.8 Å². The number of fused-ring (bicyclic) bond motifs is 1. The molecule has 4 rings (SSSR count). The number of benzene rings is 1. The Labute approximate surface area is 156 Å². The SMILES string of the molecule is Cc1ccc(C)c2c(C)c(C(=O)N3CCCCC3CN3CCCC3)[nH]c12. The first kappa shape index (κ1) is 17.6. The molecule has 26 heavy (non-hydrogen) atoms. The van der Waals surface area contributed by atoms with Crippen LogP contribution < -0.4 is 0 Å². The molecule has 1 N–H and O–H groups in total. The van der Waals surface area contributed by atoms with E-state index in [1.165, 1.54) is 48.9 Å². The van der Waals surface area contributed by atoms with E-state index in [0.717, 1.165) is 42.7 Å². The van der Waals surface area contributed by atoms with Gasteiger partial charge in [-0.15, -0.1) is 0 Å². The van der Waals surface area contributed by atoms with Crippen molar-refractivity contribution in [3.05, 3.63) is 34.5 Å². The van der Waals surface area contributed by atoms with Gasteiger partial charge in [-0.25, -0.2) is 0 Å². The summed E-state index contributed by atoms with van der Waals surface area (Å²) in [4.78, 5) is 21.7. The second kappa shape index (κ2) is 7.07. The summed E-state index contributed by atoms with van der Waals surface area (Å²) in [5.41, 5.74) is 5.48. The van der Waals surface area contributed by atoms with Crippen molar-refractivity contribution in [2.75, 3.05) is 26.2 Å². The van der Waals surface area contributed by atoms with Crippen LogP contribution in [-0.2, 0) is 0 Å². The van der Waals surface area contributed by atoms with Crippen molar-refractivity contribution in [1.82, 2.24) is 14.8 Å². The predicted molar refractivity (Wildman–Crippen MR) is 107 cm³/mol. The van der Waals surface area contributed by atoms with Gasteiger partial charge in [0.1, 0.15) is 5.69 Å². The highest BCUT2D eigenvalue weighted by molar-refractivity contribution is 6.02. The molecular weight excluding hydrogens is 322 g/mol. The minimum Gasteiger partial charge on any atom is -0.350 e. The van der Waals surface area contributed by atoms with Gasteiger partial charge in [-0.3, -0.25) is 4.79 Å². The molecule has 0 saturated carbocycles. The molecule has 1 aromatic heterocycles. The van der Waals surface area contributed by atoms with Crippen molar-refractivity contribution in [2.24, 2.45) is 0 Å². The first-order valence-electron chi connectivity index (χ1n) is 10.2. The van der Waals surface area contributed by atoms with Crippen molar-refractivity contribution in [2.45, 2.75) is 58.9 Å². The number of H-pyrrole nitrogens is 1. The van der Waals surface area contributed by atoms with E-state index in [0.29, 0.717) is 6.04 Å². The molecule has 140 valence electrons. The predicted octanol–water partition coefficient (Wildman–Crippen LogP) is 4.18. The highest BCUT2D eigenvalue weighted by Gasteiger charge is 2.31. The second-order valence-corrected chi connectivity index (χ2v) is 8.23. The number of hydrogen-bond donors (Lipinski definition) is 1. The molecule has 1 unspecified atom stereocenters. The Bertz CT molecular complexity index is 816. The Hall–Kier alpha value is -1.81. The molecule has 0 radical (unpaired) electrons. The van der Waals surface area contributed by atoms with E-state index >= 15 is 0 Å². The van der Waals surface area contributed by atoms with Crippen LogP contribution in [0.1, 0.15) is 59.3 Å². The largest absolute Gasteiger partial charge is 0.350 e. The van der Waals surface area contributed by atoms with Crippen LogP contribution in [0.2, 0.25) is 0 Å². The van der Waals surface area contributed by atoms with Gasteiger partial charge in [0.05, 0.1) is 0 Å². The lowest BCUT2D eigenvalue weighted by atomic mass is 10.00. The van der Waals surface area contributed by atoms with Crippen LogP contribution in [0.3, 0.4) is 0 Å². The summed E-state index contributed by atoms with van der Waals surface area (Å²) in [5, 5.41) is 1.22. The van der Waals surface area contributed by atoms with Crippen LogP contribution in [0, 0.1) is 20.8 Å². The van der Waals surface area contributed by atoms with E-state index in [4.69, 9.17) is 0 Å². The van der Waals surface area contributed by atoms with Gasteiger partial charge in [0.25, 0.3) is 5.91 Å². The molecule has 0 spiro atoms. The summed E-state index contributed by atoms with van der Waals surface area (Å²) < 4.78 is 0. The monoisotopic (exact) mass is 353 g/mol. The number of amides is 1. The Morgan fingerprint density at radius 3 is 2.46 bits per heavy atom. The molecule has 1 aromatic carbocycles. The maximum Gasteiger partial charge on any atom is 0.270 e. The number of aromatic nitrogens is 1. The number of carbonyl (C=O) groups is 1. The minimum absolute atomic E-state index is 0.196. The molecule has 1 amide bonds. The first-order chi connectivity index (χ1) is 12.6. The van der Waals surface area contributed by atoms with Gasteiger partial charge in [-0.05, 0) is 82.7 Å². The summed E-state index contributed by atoms with van der Waals surface area (Å²) in [5.74, 6) is 0.196. The molecule has 2 aliphatic rings. The summed E-state index contributed by atoms with van der Waals surface area (Å²) >= 11 is 0. The van der Waals surface area contributed by atoms with E-state index in [2.05, 4.69) is 47.7 Å². The molecule has 2 saturated heterocycles. The number of aryl methyl sites for hydroxylation is 3. The van der Waals surface area contributed by atoms with Gasteiger partial charge in [-0.2, -0.15) is 0 Å². The van der Waals surface area contributed by atoms with Crippen LogP contribution in [0.15, 0.2) is 12.1 Å². The minimum atomic E-state index is 0.196. The van der Waals surface area contributed by atoms with Crippen LogP contribution in [0.4, 0.5) is 0 Å². The van der Waals surface area contributed by atoms with Crippen LogP contribution in [0.5, 0.6) is 0 Å². The third kappa shape index (κ3) is 3.05. The zero-order valence-corrected chi connectivity index (χ0v) is 16.4. The summed E-state index contributed by atoms with van der Waals surface area (Å²) in [6.45, 7) is 10.7. The molecular formula is C22H31N3O. The standard InChI is InChI=1S/C22H31N3O/c1-15-9-10-16(2)20-19(15)17(3)21(23-20)22(26)25-13-5-4-8-18(25)14-24-11-6-7-12-24/h9-10,18,23H,4-8,11-14H2,1-3H3. The maximum absolute atomic E-state index is 13.5. The number of hydrogen-bond acceptors (Lipinski definition) is 2. The van der Waals surface area contributed by atoms with Crippen LogP contribution >= 0.6 is 0 Å². The number of carbonyl (C=O) groups excluding carboxylic acids is 1. The van der Waals surface area contributed by atoms with Gasteiger partial charge in [0.15, 0.2) is 0 Å². The lowest BCUT2D eigenvalue weighted by molar-refractivity contribution is 0.0555. The Morgan fingerprint density at radius 1 is 1.04 bits per heavy atom. The molecule has 2 aliphatic heterocycles. The number of aromatic amines is 1. The van der Waals surface area contributed by atoms with E-state index in [1.54, 1.807) is 0 Å². The third-order valence-corrected chi connectivity index (χ3v) is 6.39. The summed E-state index contributed by atoms with van der Waals surface area (Å²) in [6.07, 6.45) is 6.12. The highest BCUT2D eigenvalue weighted by Crippen LogP contribution is 2.30. The Kier molecular flexibility index (Phi) is 4.78. The fourth-order valence-corrected chi connectivity index (χ4v) is 4.88. The molecule has 0 aliphatic carbocycles. The van der Waals surface area contributed by atoms with Crippen molar-refractivity contribution in [3.8, 4) is 0 Å². The maximum atomic E-state index is 13.5. The van der Waals surface area contributed by atoms with E-state index < -0.39 is 0 Å². The van der Waals surface area contributed by atoms with Crippen molar-refractivity contribution in [1.29, 1.82) is 0 Å². The molecule has 3 heterocycles. The number of rotatable bonds is 3. The molecule has 0 bridgehead atoms. The quantitative estimate of drug-likeness (QED) is 0.899. The van der Waals surface area contributed by atoms with Gasteiger partial charge in [-0.1, -0.05) is 12.1 Å². The van der Waals surface area contributed by atoms with E-state index in [9.17, 15) is 4.79 Å². The molecule has 2 aromatic rings. The normalized spacial score (nSPS) is 21.7. The van der Waals surface area contributed by atoms with E-state index in [1.807, 2.05) is 0 Å². The van der Waals surface area contributed by atoms with Crippen molar-refractivity contribution < 1.29 is 4.79 Å². The fourth-order valence-electron chi connectivity index (χ4n) is 4.88. The van der Waals surface area contributed by atoms with E-state index in [-0.39, 0.29) is 5.91 Å². The summed E-state index contributed by atoms with van der Waals surface area (Å²) in [6, 6.07) is 4.66.